The van der Waals surface area contributed by atoms with Crippen molar-refractivity contribution in [2.24, 2.45) is 0 Å². The molecule has 111 valence electrons. The van der Waals surface area contributed by atoms with Gasteiger partial charge in [0.05, 0.1) is 19.8 Å². The van der Waals surface area contributed by atoms with Gasteiger partial charge >= 0.3 is 74.0 Å². The van der Waals surface area contributed by atoms with E-state index in [4.69, 9.17) is 26.9 Å². The van der Waals surface area contributed by atoms with E-state index in [1.165, 1.54) is 5.56 Å². The fourth-order valence-corrected chi connectivity index (χ4v) is 1.96. The first kappa shape index (κ1) is 19.6. The third-order valence-corrected chi connectivity index (χ3v) is 3.00. The largest absolute Gasteiger partial charge is 0.395 e. The summed E-state index contributed by atoms with van der Waals surface area (Å²) in [5.74, 6) is 0. The summed E-state index contributed by atoms with van der Waals surface area (Å²) in [5.41, 5.74) is 1.19. The van der Waals surface area contributed by atoms with Crippen LogP contribution in [0, 0.1) is 0 Å². The van der Waals surface area contributed by atoms with Gasteiger partial charge in [0.25, 0.3) is 0 Å². The molecule has 0 bridgehead atoms. The zero-order chi connectivity index (χ0) is 15.2. The minimum absolute atomic E-state index is 0.0694. The van der Waals surface area contributed by atoms with E-state index < -0.39 is 0 Å². The van der Waals surface area contributed by atoms with Crippen LogP contribution in [0.15, 0.2) is 29.2 Å². The van der Waals surface area contributed by atoms with Gasteiger partial charge in [-0.05, 0) is 0 Å². The molecule has 0 aromatic heterocycles. The minimum atomic E-state index is 0.0694. The van der Waals surface area contributed by atoms with Crippen LogP contribution in [0.2, 0.25) is 5.02 Å². The summed E-state index contributed by atoms with van der Waals surface area (Å²) in [4.78, 5) is 3.79. The molecule has 0 aliphatic carbocycles. The third kappa shape index (κ3) is 10.4. The summed E-state index contributed by atoms with van der Waals surface area (Å²) < 4.78 is 0. The molecule has 1 aromatic carbocycles. The van der Waals surface area contributed by atoms with Gasteiger partial charge in [-0.15, -0.1) is 0 Å². The number of hydrogen-bond acceptors (Lipinski definition) is 4. The van der Waals surface area contributed by atoms with Crippen molar-refractivity contribution in [2.45, 2.75) is 0 Å². The average Bonchev–Trinajstić information content (AvgIpc) is 2.43. The van der Waals surface area contributed by atoms with Gasteiger partial charge < -0.3 is 15.3 Å². The summed E-state index contributed by atoms with van der Waals surface area (Å²) in [6.45, 7) is 1.75. The maximum atomic E-state index is 8.48. The summed E-state index contributed by atoms with van der Waals surface area (Å²) >= 11 is 7.68. The summed E-state index contributed by atoms with van der Waals surface area (Å²) in [5, 5.41) is 26.2. The number of rotatable bonds is 7. The van der Waals surface area contributed by atoms with Gasteiger partial charge in [0.2, 0.25) is 0 Å². The Morgan fingerprint density at radius 3 is 1.75 bits per heavy atom. The van der Waals surface area contributed by atoms with Crippen LogP contribution in [-0.4, -0.2) is 76.2 Å². The standard InChI is InChI=1S/C8H6ClGe.C6H15NO3/c9-8-3-1-7(2-4-8)5-6-10;8-4-1-7(2-5-9)3-6-10/h1-6H;8-10H,1-6H2. The van der Waals surface area contributed by atoms with Crippen molar-refractivity contribution in [3.05, 3.63) is 39.8 Å². The molecular weight excluding hydrogens is 338 g/mol. The second kappa shape index (κ2) is 13.6. The van der Waals surface area contributed by atoms with Crippen molar-refractivity contribution >= 4 is 34.2 Å². The monoisotopic (exact) mass is 360 g/mol. The van der Waals surface area contributed by atoms with Crippen LogP contribution in [0.25, 0.3) is 6.08 Å². The summed E-state index contributed by atoms with van der Waals surface area (Å²) in [6.07, 6.45) is 2.04. The first-order chi connectivity index (χ1) is 9.67. The van der Waals surface area contributed by atoms with Crippen LogP contribution in [0.5, 0.6) is 0 Å². The molecule has 0 aliphatic heterocycles. The molecule has 0 spiro atoms. The molecule has 0 saturated heterocycles. The van der Waals surface area contributed by atoms with Crippen LogP contribution < -0.4 is 0 Å². The van der Waals surface area contributed by atoms with Crippen molar-refractivity contribution in [3.8, 4) is 0 Å². The minimum Gasteiger partial charge on any atom is -0.395 e. The van der Waals surface area contributed by atoms with Gasteiger partial charge in [0.1, 0.15) is 0 Å². The van der Waals surface area contributed by atoms with Gasteiger partial charge in [-0.3, -0.25) is 4.90 Å². The smallest absolute Gasteiger partial charge is 0.0558 e. The molecule has 3 N–H and O–H groups in total. The molecular formula is C14H21ClGeNO3. The van der Waals surface area contributed by atoms with E-state index in [1.54, 1.807) is 4.90 Å². The normalized spacial score (nSPS) is 10.7. The predicted octanol–water partition coefficient (Wildman–Crippen LogP) is 0.744. The van der Waals surface area contributed by atoms with Gasteiger partial charge in [-0.2, -0.15) is 0 Å². The zero-order valence-corrected chi connectivity index (χ0v) is 14.2. The molecule has 0 fully saturated rings. The van der Waals surface area contributed by atoms with E-state index in [9.17, 15) is 0 Å². The van der Waals surface area contributed by atoms with Crippen LogP contribution >= 0.6 is 11.6 Å². The van der Waals surface area contributed by atoms with Crippen molar-refractivity contribution < 1.29 is 15.3 Å². The van der Waals surface area contributed by atoms with Crippen molar-refractivity contribution in [1.82, 2.24) is 4.90 Å². The Kier molecular flexibility index (Phi) is 13.4. The molecule has 1 aromatic rings. The average molecular weight is 359 g/mol. The molecule has 3 radical (unpaired) electrons. The fraction of sp³-hybridized carbons (Fsp3) is 0.429. The van der Waals surface area contributed by atoms with Crippen LogP contribution in [0.3, 0.4) is 0 Å². The van der Waals surface area contributed by atoms with E-state index in [0.29, 0.717) is 19.6 Å². The molecule has 0 saturated carbocycles. The van der Waals surface area contributed by atoms with E-state index >= 15 is 0 Å². The Bertz CT molecular complexity index is 346. The van der Waals surface area contributed by atoms with Gasteiger partial charge in [-0.25, -0.2) is 0 Å². The maximum Gasteiger partial charge on any atom is 0.0558 e. The first-order valence-electron chi connectivity index (χ1n) is 6.32. The molecule has 0 atom stereocenters. The van der Waals surface area contributed by atoms with Crippen molar-refractivity contribution in [3.63, 3.8) is 0 Å². The molecule has 4 nitrogen and oxygen atoms in total. The number of benzene rings is 1. The number of hydrogen-bond donors (Lipinski definition) is 3. The zero-order valence-electron chi connectivity index (χ0n) is 11.4. The molecule has 0 heterocycles. The summed E-state index contributed by atoms with van der Waals surface area (Å²) in [7, 11) is 0. The van der Waals surface area contributed by atoms with E-state index in [1.807, 2.05) is 51.8 Å². The van der Waals surface area contributed by atoms with Crippen LogP contribution in [0.4, 0.5) is 0 Å². The molecule has 20 heavy (non-hydrogen) atoms. The molecule has 1 rings (SSSR count). The van der Waals surface area contributed by atoms with Gasteiger partial charge in [0, 0.05) is 19.6 Å². The van der Waals surface area contributed by atoms with Gasteiger partial charge in [0.15, 0.2) is 0 Å². The number of aliphatic hydroxyl groups is 3. The second-order valence-electron chi connectivity index (χ2n) is 3.90. The topological polar surface area (TPSA) is 63.9 Å². The van der Waals surface area contributed by atoms with Crippen molar-refractivity contribution in [1.29, 1.82) is 0 Å². The SMILES string of the molecule is Clc1ccc(C=[CH][Ge])cc1.OCCN(CCO)CCO. The molecule has 6 heteroatoms. The first-order valence-corrected chi connectivity index (χ1v) is 7.91. The van der Waals surface area contributed by atoms with Crippen LogP contribution in [-0.2, 0) is 0 Å². The molecule has 0 amide bonds. The van der Waals surface area contributed by atoms with Gasteiger partial charge in [-0.1, -0.05) is 0 Å². The Morgan fingerprint density at radius 1 is 0.950 bits per heavy atom. The van der Waals surface area contributed by atoms with E-state index in [-0.39, 0.29) is 19.8 Å². The quantitative estimate of drug-likeness (QED) is 0.629. The number of halogens is 1. The van der Waals surface area contributed by atoms with Crippen molar-refractivity contribution in [2.75, 3.05) is 39.5 Å². The molecule has 0 aliphatic rings. The number of nitrogens with zero attached hydrogens (tertiary/aromatic N) is 1. The van der Waals surface area contributed by atoms with E-state index in [2.05, 4.69) is 0 Å². The van der Waals surface area contributed by atoms with Crippen LogP contribution in [0.1, 0.15) is 5.56 Å². The Hall–Kier alpha value is -0.367. The Morgan fingerprint density at radius 2 is 1.40 bits per heavy atom. The molecule has 0 unspecified atom stereocenters. The Balaban J connectivity index is 0.000000361. The third-order valence-electron chi connectivity index (χ3n) is 2.39. The number of aliphatic hydroxyl groups excluding tert-OH is 3. The fourth-order valence-electron chi connectivity index (χ4n) is 1.43. The summed E-state index contributed by atoms with van der Waals surface area (Å²) in [6, 6.07) is 7.75. The Labute approximate surface area is 133 Å². The maximum absolute atomic E-state index is 8.48. The second-order valence-corrected chi connectivity index (χ2v) is 5.03. The predicted molar refractivity (Wildman–Crippen MR) is 83.9 cm³/mol. The van der Waals surface area contributed by atoms with E-state index in [0.717, 1.165) is 5.02 Å².